The lowest BCUT2D eigenvalue weighted by Crippen LogP contribution is -2.44. The summed E-state index contributed by atoms with van der Waals surface area (Å²) in [4.78, 5) is 25.6. The minimum absolute atomic E-state index is 0.106. The smallest absolute Gasteiger partial charge is 0.227 e. The van der Waals surface area contributed by atoms with Crippen molar-refractivity contribution in [1.29, 1.82) is 0 Å². The third-order valence-corrected chi connectivity index (χ3v) is 3.13. The summed E-state index contributed by atoms with van der Waals surface area (Å²) in [5.41, 5.74) is 0.311. The lowest BCUT2D eigenvalue weighted by atomic mass is 10.0. The van der Waals surface area contributed by atoms with Gasteiger partial charge in [-0.15, -0.1) is 0 Å². The van der Waals surface area contributed by atoms with Crippen molar-refractivity contribution in [3.05, 3.63) is 30.1 Å². The van der Waals surface area contributed by atoms with Gasteiger partial charge in [0.15, 0.2) is 0 Å². The summed E-state index contributed by atoms with van der Waals surface area (Å²) < 4.78 is 12.9. The van der Waals surface area contributed by atoms with E-state index in [0.717, 1.165) is 0 Å². The van der Waals surface area contributed by atoms with Gasteiger partial charge < -0.3 is 10.2 Å². The Morgan fingerprint density at radius 2 is 1.90 bits per heavy atom. The fourth-order valence-corrected chi connectivity index (χ4v) is 2.23. The number of nitrogens with one attached hydrogen (secondary N) is 1. The maximum Gasteiger partial charge on any atom is 0.227 e. The molecule has 1 aliphatic rings. The standard InChI is InChI=1S/C15H19FN2O2/c1-15(2,3)17-14(20)10-8-13(19)18(9-10)12-6-4-11(16)5-7-12/h4-7,10H,8-9H2,1-3H3,(H,17,20)/t10-/m0/s1. The molecule has 1 N–H and O–H groups in total. The highest BCUT2D eigenvalue weighted by atomic mass is 19.1. The summed E-state index contributed by atoms with van der Waals surface area (Å²) in [5.74, 6) is -0.921. The van der Waals surface area contributed by atoms with Gasteiger partial charge in [-0.2, -0.15) is 0 Å². The Kier molecular flexibility index (Phi) is 3.79. The van der Waals surface area contributed by atoms with Crippen LogP contribution in [-0.2, 0) is 9.59 Å². The van der Waals surface area contributed by atoms with Gasteiger partial charge in [0.05, 0.1) is 5.92 Å². The molecule has 1 fully saturated rings. The summed E-state index contributed by atoms with van der Waals surface area (Å²) in [6.45, 7) is 6.05. The number of amides is 2. The highest BCUT2D eigenvalue weighted by molar-refractivity contribution is 6.00. The Labute approximate surface area is 118 Å². The molecule has 0 aliphatic carbocycles. The highest BCUT2D eigenvalue weighted by Gasteiger charge is 2.36. The number of rotatable bonds is 2. The van der Waals surface area contributed by atoms with E-state index in [1.807, 2.05) is 20.8 Å². The molecular weight excluding hydrogens is 259 g/mol. The molecule has 1 aromatic rings. The molecule has 1 aliphatic heterocycles. The first-order chi connectivity index (χ1) is 9.26. The van der Waals surface area contributed by atoms with Crippen LogP contribution in [0.15, 0.2) is 24.3 Å². The zero-order valence-electron chi connectivity index (χ0n) is 11.9. The first kappa shape index (κ1) is 14.5. The molecule has 0 bridgehead atoms. The van der Waals surface area contributed by atoms with Crippen molar-refractivity contribution >= 4 is 17.5 Å². The molecule has 1 saturated heterocycles. The van der Waals surface area contributed by atoms with Gasteiger partial charge in [-0.05, 0) is 45.0 Å². The summed E-state index contributed by atoms with van der Waals surface area (Å²) in [5, 5.41) is 2.88. The SMILES string of the molecule is CC(C)(C)NC(=O)[C@H]1CC(=O)N(c2ccc(F)cc2)C1. The molecular formula is C15H19FN2O2. The van der Waals surface area contributed by atoms with Gasteiger partial charge in [0.1, 0.15) is 5.82 Å². The third-order valence-electron chi connectivity index (χ3n) is 3.13. The molecule has 5 heteroatoms. The number of hydrogen-bond acceptors (Lipinski definition) is 2. The molecule has 4 nitrogen and oxygen atoms in total. The molecule has 0 unspecified atom stereocenters. The average Bonchev–Trinajstić information content (AvgIpc) is 2.70. The number of anilines is 1. The minimum Gasteiger partial charge on any atom is -0.351 e. The van der Waals surface area contributed by atoms with Crippen molar-refractivity contribution in [1.82, 2.24) is 5.32 Å². The molecule has 2 amide bonds. The quantitative estimate of drug-likeness (QED) is 0.900. The monoisotopic (exact) mass is 278 g/mol. The molecule has 0 spiro atoms. The third kappa shape index (κ3) is 3.35. The van der Waals surface area contributed by atoms with E-state index >= 15 is 0 Å². The van der Waals surface area contributed by atoms with Crippen LogP contribution in [0.25, 0.3) is 0 Å². The predicted octanol–water partition coefficient (Wildman–Crippen LogP) is 2.09. The van der Waals surface area contributed by atoms with Crippen LogP contribution in [0, 0.1) is 11.7 Å². The zero-order chi connectivity index (χ0) is 14.9. The Morgan fingerprint density at radius 1 is 1.30 bits per heavy atom. The molecule has 1 heterocycles. The van der Waals surface area contributed by atoms with Crippen molar-refractivity contribution in [2.75, 3.05) is 11.4 Å². The topological polar surface area (TPSA) is 49.4 Å². The fraction of sp³-hybridized carbons (Fsp3) is 0.467. The average molecular weight is 278 g/mol. The van der Waals surface area contributed by atoms with E-state index in [9.17, 15) is 14.0 Å². The Morgan fingerprint density at radius 3 is 2.45 bits per heavy atom. The number of carbonyl (C=O) groups excluding carboxylic acids is 2. The zero-order valence-corrected chi connectivity index (χ0v) is 11.9. The molecule has 20 heavy (non-hydrogen) atoms. The Bertz CT molecular complexity index is 520. The van der Waals surface area contributed by atoms with Crippen molar-refractivity contribution in [3.63, 3.8) is 0 Å². The number of benzene rings is 1. The summed E-state index contributed by atoms with van der Waals surface area (Å²) in [6.07, 6.45) is 0.194. The van der Waals surface area contributed by atoms with E-state index in [2.05, 4.69) is 5.32 Å². The number of nitrogens with zero attached hydrogens (tertiary/aromatic N) is 1. The van der Waals surface area contributed by atoms with Gasteiger partial charge >= 0.3 is 0 Å². The minimum atomic E-state index is -0.355. The number of hydrogen-bond donors (Lipinski definition) is 1. The molecule has 0 aromatic heterocycles. The summed E-state index contributed by atoms with van der Waals surface area (Å²) in [6, 6.07) is 5.73. The largest absolute Gasteiger partial charge is 0.351 e. The number of carbonyl (C=O) groups is 2. The predicted molar refractivity (Wildman–Crippen MR) is 74.8 cm³/mol. The van der Waals surface area contributed by atoms with Crippen LogP contribution in [0.1, 0.15) is 27.2 Å². The molecule has 0 radical (unpaired) electrons. The molecule has 1 aromatic carbocycles. The van der Waals surface area contributed by atoms with Gasteiger partial charge in [-0.1, -0.05) is 0 Å². The number of halogens is 1. The lowest BCUT2D eigenvalue weighted by Gasteiger charge is -2.23. The van der Waals surface area contributed by atoms with Crippen molar-refractivity contribution in [2.24, 2.45) is 5.92 Å². The van der Waals surface area contributed by atoms with Gasteiger partial charge in [0, 0.05) is 24.2 Å². The van der Waals surface area contributed by atoms with Crippen LogP contribution >= 0.6 is 0 Å². The van der Waals surface area contributed by atoms with Crippen molar-refractivity contribution in [3.8, 4) is 0 Å². The highest BCUT2D eigenvalue weighted by Crippen LogP contribution is 2.25. The Hall–Kier alpha value is -1.91. The van der Waals surface area contributed by atoms with Crippen LogP contribution < -0.4 is 10.2 Å². The van der Waals surface area contributed by atoms with Gasteiger partial charge in [0.25, 0.3) is 0 Å². The van der Waals surface area contributed by atoms with E-state index < -0.39 is 0 Å². The Balaban J connectivity index is 2.07. The van der Waals surface area contributed by atoms with E-state index in [1.54, 1.807) is 12.1 Å². The van der Waals surface area contributed by atoms with Crippen LogP contribution in [0.3, 0.4) is 0 Å². The van der Waals surface area contributed by atoms with Gasteiger partial charge in [0.2, 0.25) is 11.8 Å². The van der Waals surface area contributed by atoms with Gasteiger partial charge in [-0.3, -0.25) is 9.59 Å². The normalized spacial score (nSPS) is 19.3. The van der Waals surface area contributed by atoms with E-state index in [4.69, 9.17) is 0 Å². The van der Waals surface area contributed by atoms with Crippen molar-refractivity contribution in [2.45, 2.75) is 32.7 Å². The van der Waals surface area contributed by atoms with Crippen molar-refractivity contribution < 1.29 is 14.0 Å². The first-order valence-corrected chi connectivity index (χ1v) is 6.64. The van der Waals surface area contributed by atoms with Crippen LogP contribution in [0.2, 0.25) is 0 Å². The molecule has 0 saturated carbocycles. The molecule has 108 valence electrons. The second-order valence-corrected chi connectivity index (χ2v) is 6.12. The fourth-order valence-electron chi connectivity index (χ4n) is 2.23. The second-order valence-electron chi connectivity index (χ2n) is 6.12. The van der Waals surface area contributed by atoms with Crippen LogP contribution in [0.4, 0.5) is 10.1 Å². The second kappa shape index (κ2) is 5.23. The van der Waals surface area contributed by atoms with Crippen LogP contribution in [0.5, 0.6) is 0 Å². The van der Waals surface area contributed by atoms with Crippen LogP contribution in [-0.4, -0.2) is 23.9 Å². The maximum atomic E-state index is 12.9. The van der Waals surface area contributed by atoms with E-state index in [1.165, 1.54) is 17.0 Å². The van der Waals surface area contributed by atoms with Gasteiger partial charge in [-0.25, -0.2) is 4.39 Å². The first-order valence-electron chi connectivity index (χ1n) is 6.64. The lowest BCUT2D eigenvalue weighted by molar-refractivity contribution is -0.127. The molecule has 2 rings (SSSR count). The summed E-state index contributed by atoms with van der Waals surface area (Å²) in [7, 11) is 0. The molecule has 1 atom stereocenters. The summed E-state index contributed by atoms with van der Waals surface area (Å²) >= 11 is 0. The van der Waals surface area contributed by atoms with E-state index in [-0.39, 0.29) is 35.5 Å². The van der Waals surface area contributed by atoms with E-state index in [0.29, 0.717) is 12.2 Å². The maximum absolute atomic E-state index is 12.9.